The summed E-state index contributed by atoms with van der Waals surface area (Å²) < 4.78 is 35.8. The first kappa shape index (κ1) is 20.6. The summed E-state index contributed by atoms with van der Waals surface area (Å²) in [5.74, 6) is -0.678. The minimum atomic E-state index is -3.92. The molecule has 1 aliphatic carbocycles. The van der Waals surface area contributed by atoms with Crippen LogP contribution in [0.3, 0.4) is 0 Å². The lowest BCUT2D eigenvalue weighted by molar-refractivity contribution is -0.120. The molecular formula is C18H23ClN4O4S. The first-order chi connectivity index (χ1) is 13.2. The number of rotatable bonds is 7. The molecule has 0 bridgehead atoms. The summed E-state index contributed by atoms with van der Waals surface area (Å²) in [6, 6.07) is 4.14. The van der Waals surface area contributed by atoms with Crippen LogP contribution in [0.15, 0.2) is 29.3 Å². The van der Waals surface area contributed by atoms with Crippen LogP contribution < -0.4 is 15.2 Å². The second kappa shape index (κ2) is 8.10. The van der Waals surface area contributed by atoms with Crippen molar-refractivity contribution in [2.24, 2.45) is 5.73 Å². The summed E-state index contributed by atoms with van der Waals surface area (Å²) in [6.45, 7) is 3.67. The van der Waals surface area contributed by atoms with Crippen LogP contribution in [0, 0.1) is 0 Å². The maximum absolute atomic E-state index is 13.0. The van der Waals surface area contributed by atoms with Gasteiger partial charge in [0.25, 0.3) is 5.91 Å². The number of nitrogens with zero attached hydrogens (tertiary/aromatic N) is 2. The van der Waals surface area contributed by atoms with E-state index in [0.717, 1.165) is 17.7 Å². The van der Waals surface area contributed by atoms with Crippen molar-refractivity contribution in [2.75, 3.05) is 6.61 Å². The summed E-state index contributed by atoms with van der Waals surface area (Å²) in [5, 5.41) is 4.81. The van der Waals surface area contributed by atoms with Gasteiger partial charge in [0.05, 0.1) is 5.69 Å². The third-order valence-corrected chi connectivity index (χ3v) is 6.29. The molecule has 0 spiro atoms. The lowest BCUT2D eigenvalue weighted by Gasteiger charge is -2.23. The Morgan fingerprint density at radius 1 is 1.46 bits per heavy atom. The van der Waals surface area contributed by atoms with Crippen LogP contribution in [0.2, 0.25) is 5.02 Å². The molecule has 0 aliphatic heterocycles. The van der Waals surface area contributed by atoms with Crippen molar-refractivity contribution < 1.29 is 17.9 Å². The number of amides is 1. The zero-order chi connectivity index (χ0) is 20.5. The number of nitrogens with two attached hydrogens (primary N) is 1. The van der Waals surface area contributed by atoms with Crippen LogP contribution in [0.25, 0.3) is 0 Å². The number of primary amides is 1. The fourth-order valence-corrected chi connectivity index (χ4v) is 4.80. The van der Waals surface area contributed by atoms with Crippen molar-refractivity contribution in [3.05, 3.63) is 40.7 Å². The molecule has 1 aromatic carbocycles. The van der Waals surface area contributed by atoms with E-state index in [1.54, 1.807) is 0 Å². The fourth-order valence-electron chi connectivity index (χ4n) is 3.12. The predicted molar refractivity (Wildman–Crippen MR) is 105 cm³/mol. The molecule has 0 radical (unpaired) electrons. The molecule has 28 heavy (non-hydrogen) atoms. The van der Waals surface area contributed by atoms with Gasteiger partial charge < -0.3 is 10.5 Å². The van der Waals surface area contributed by atoms with Crippen LogP contribution in [0.1, 0.15) is 37.6 Å². The highest BCUT2D eigenvalue weighted by Crippen LogP contribution is 2.29. The highest BCUT2D eigenvalue weighted by Gasteiger charge is 2.28. The van der Waals surface area contributed by atoms with Crippen molar-refractivity contribution in [3.63, 3.8) is 0 Å². The van der Waals surface area contributed by atoms with E-state index in [2.05, 4.69) is 9.82 Å². The zero-order valence-electron chi connectivity index (χ0n) is 15.7. The summed E-state index contributed by atoms with van der Waals surface area (Å²) in [5.41, 5.74) is 7.14. The van der Waals surface area contributed by atoms with Crippen LogP contribution in [0.4, 0.5) is 0 Å². The third-order valence-electron chi connectivity index (χ3n) is 4.51. The van der Waals surface area contributed by atoms with Gasteiger partial charge in [-0.3, -0.25) is 9.48 Å². The molecule has 3 N–H and O–H groups in total. The molecule has 0 saturated heterocycles. The predicted octanol–water partition coefficient (Wildman–Crippen LogP) is 1.82. The number of benzene rings is 1. The van der Waals surface area contributed by atoms with Crippen molar-refractivity contribution in [1.29, 1.82) is 0 Å². The van der Waals surface area contributed by atoms with Gasteiger partial charge >= 0.3 is 0 Å². The third kappa shape index (κ3) is 4.65. The molecule has 3 rings (SSSR count). The number of hydrogen-bond acceptors (Lipinski definition) is 5. The van der Waals surface area contributed by atoms with E-state index < -0.39 is 22.5 Å². The summed E-state index contributed by atoms with van der Waals surface area (Å²) >= 11 is 5.98. The molecule has 0 saturated carbocycles. The normalized spacial score (nSPS) is 16.8. The first-order valence-corrected chi connectivity index (χ1v) is 10.8. The van der Waals surface area contributed by atoms with E-state index >= 15 is 0 Å². The lowest BCUT2D eigenvalue weighted by Crippen LogP contribution is -2.39. The minimum absolute atomic E-state index is 0.0243. The molecule has 1 unspecified atom stereocenters. The number of carbonyl (C=O) groups excluding carboxylic acids is 1. The molecule has 2 aromatic rings. The molecule has 1 heterocycles. The topological polar surface area (TPSA) is 116 Å². The Morgan fingerprint density at radius 2 is 2.21 bits per heavy atom. The van der Waals surface area contributed by atoms with Gasteiger partial charge in [0.2, 0.25) is 10.0 Å². The summed E-state index contributed by atoms with van der Waals surface area (Å²) in [4.78, 5) is 10.9. The van der Waals surface area contributed by atoms with Crippen LogP contribution in [-0.4, -0.2) is 36.8 Å². The van der Waals surface area contributed by atoms with Gasteiger partial charge in [-0.05, 0) is 50.5 Å². The Kier molecular flexibility index (Phi) is 5.97. The Hall–Kier alpha value is -2.10. The highest BCUT2D eigenvalue weighted by molar-refractivity contribution is 7.89. The maximum Gasteiger partial charge on any atom is 0.255 e. The molecule has 152 valence electrons. The minimum Gasteiger partial charge on any atom is -0.482 e. The van der Waals surface area contributed by atoms with Gasteiger partial charge in [-0.1, -0.05) is 11.6 Å². The number of halogens is 1. The number of nitrogens with one attached hydrogen (secondary N) is 1. The molecule has 1 atom stereocenters. The molecule has 8 nitrogen and oxygen atoms in total. The van der Waals surface area contributed by atoms with E-state index in [4.69, 9.17) is 22.1 Å². The number of carbonyl (C=O) groups is 1. The van der Waals surface area contributed by atoms with Gasteiger partial charge in [0.15, 0.2) is 6.61 Å². The summed E-state index contributed by atoms with van der Waals surface area (Å²) in [7, 11) is -3.92. The Bertz CT molecular complexity index is 987. The Balaban J connectivity index is 1.80. The van der Waals surface area contributed by atoms with Gasteiger partial charge in [0.1, 0.15) is 10.6 Å². The largest absolute Gasteiger partial charge is 0.482 e. The van der Waals surface area contributed by atoms with Gasteiger partial charge in [-0.2, -0.15) is 5.10 Å². The standard InChI is InChI=1S/C18H23ClN4O4S/c1-11(2)23-9-12-3-5-14(8-15(12)21-23)22-28(25,26)17-7-13(19)4-6-16(17)27-10-18(20)24/h4,6-7,9,11,14,22H,3,5,8,10H2,1-2H3,(H2,20,24). The molecule has 1 aliphatic rings. The van der Waals surface area contributed by atoms with E-state index in [0.29, 0.717) is 12.8 Å². The number of sulfonamides is 1. The Labute approximate surface area is 169 Å². The zero-order valence-corrected chi connectivity index (χ0v) is 17.3. The average molecular weight is 427 g/mol. The monoisotopic (exact) mass is 426 g/mol. The maximum atomic E-state index is 13.0. The van der Waals surface area contributed by atoms with Crippen LogP contribution in [-0.2, 0) is 27.7 Å². The smallest absolute Gasteiger partial charge is 0.255 e. The Morgan fingerprint density at radius 3 is 2.89 bits per heavy atom. The second-order valence-corrected chi connectivity index (χ2v) is 9.20. The number of aryl methyl sites for hydroxylation is 1. The second-order valence-electron chi connectivity index (χ2n) is 7.08. The molecule has 0 fully saturated rings. The van der Waals surface area contributed by atoms with Crippen molar-refractivity contribution in [2.45, 2.75) is 50.1 Å². The molecule has 1 aromatic heterocycles. The fraction of sp³-hybridized carbons (Fsp3) is 0.444. The van der Waals surface area contributed by atoms with E-state index in [1.807, 2.05) is 24.7 Å². The number of ether oxygens (including phenoxy) is 1. The summed E-state index contributed by atoms with van der Waals surface area (Å²) in [6.07, 6.45) is 3.94. The van der Waals surface area contributed by atoms with E-state index in [1.165, 1.54) is 18.2 Å². The van der Waals surface area contributed by atoms with Gasteiger partial charge in [-0.25, -0.2) is 13.1 Å². The molecular weight excluding hydrogens is 404 g/mol. The van der Waals surface area contributed by atoms with Crippen LogP contribution >= 0.6 is 11.6 Å². The quantitative estimate of drug-likeness (QED) is 0.700. The number of fused-ring (bicyclic) bond motifs is 1. The van der Waals surface area contributed by atoms with E-state index in [9.17, 15) is 13.2 Å². The number of hydrogen-bond donors (Lipinski definition) is 2. The first-order valence-electron chi connectivity index (χ1n) is 8.95. The SMILES string of the molecule is CC(C)n1cc2c(n1)CC(NS(=O)(=O)c1cc(Cl)ccc1OCC(N)=O)CC2. The lowest BCUT2D eigenvalue weighted by atomic mass is 9.94. The van der Waals surface area contributed by atoms with E-state index in [-0.39, 0.29) is 27.8 Å². The molecule has 10 heteroatoms. The number of aromatic nitrogens is 2. The average Bonchev–Trinajstić information content (AvgIpc) is 3.04. The van der Waals surface area contributed by atoms with Crippen molar-refractivity contribution in [1.82, 2.24) is 14.5 Å². The highest BCUT2D eigenvalue weighted by atomic mass is 35.5. The van der Waals surface area contributed by atoms with Crippen LogP contribution in [0.5, 0.6) is 5.75 Å². The van der Waals surface area contributed by atoms with Gasteiger partial charge in [0, 0.05) is 29.7 Å². The van der Waals surface area contributed by atoms with Crippen molar-refractivity contribution in [3.8, 4) is 5.75 Å². The van der Waals surface area contributed by atoms with Gasteiger partial charge in [-0.15, -0.1) is 0 Å². The van der Waals surface area contributed by atoms with Crippen molar-refractivity contribution >= 4 is 27.5 Å². The molecule has 1 amide bonds.